The second-order valence-electron chi connectivity index (χ2n) is 12.5. The van der Waals surface area contributed by atoms with Gasteiger partial charge in [-0.2, -0.15) is 0 Å². The molecule has 6 aromatic carbocycles. The lowest BCUT2D eigenvalue weighted by molar-refractivity contribution is 1.24. The van der Waals surface area contributed by atoms with Gasteiger partial charge in [-0.05, 0) is 35.2 Å². The van der Waals surface area contributed by atoms with E-state index in [0.29, 0.717) is 0 Å². The highest BCUT2D eigenvalue weighted by atomic mass is 32.1. The monoisotopic (exact) mass is 659 g/mol. The molecule has 0 saturated carbocycles. The molecule has 0 unspecified atom stereocenters. The van der Waals surface area contributed by atoms with Crippen molar-refractivity contribution in [2.45, 2.75) is 0 Å². The van der Waals surface area contributed by atoms with Crippen LogP contribution in [0.2, 0.25) is 0 Å². The molecule has 5 aromatic heterocycles. The van der Waals surface area contributed by atoms with Crippen molar-refractivity contribution in [2.24, 2.45) is 0 Å². The van der Waals surface area contributed by atoms with Crippen molar-refractivity contribution in [2.75, 3.05) is 0 Å². The van der Waals surface area contributed by atoms with Gasteiger partial charge in [0.2, 0.25) is 0 Å². The maximum Gasteiger partial charge on any atom is 0.160 e. The number of pyridine rings is 1. The summed E-state index contributed by atoms with van der Waals surface area (Å²) in [6.07, 6.45) is 0. The molecule has 0 spiro atoms. The highest BCUT2D eigenvalue weighted by Gasteiger charge is 2.23. The van der Waals surface area contributed by atoms with Crippen LogP contribution in [-0.2, 0) is 0 Å². The summed E-state index contributed by atoms with van der Waals surface area (Å²) in [5.74, 6) is 0.744. The summed E-state index contributed by atoms with van der Waals surface area (Å²) >= 11 is 3.64. The number of hydrogen-bond donors (Lipinski definition) is 0. The molecule has 3 nitrogen and oxygen atoms in total. The number of fused-ring (bicyclic) bond motifs is 13. The molecule has 11 aromatic rings. The molecule has 0 atom stereocenters. The second kappa shape index (κ2) is 10.3. The Hall–Kier alpha value is -5.88. The summed E-state index contributed by atoms with van der Waals surface area (Å²) < 4.78 is 6.14. The van der Waals surface area contributed by atoms with Crippen molar-refractivity contribution < 1.29 is 0 Å². The van der Waals surface area contributed by atoms with Gasteiger partial charge >= 0.3 is 0 Å². The van der Waals surface area contributed by atoms with Crippen molar-refractivity contribution in [3.63, 3.8) is 0 Å². The maximum absolute atomic E-state index is 5.33. The zero-order valence-corrected chi connectivity index (χ0v) is 27.7. The summed E-state index contributed by atoms with van der Waals surface area (Å²) in [5.41, 5.74) is 9.05. The fourth-order valence-corrected chi connectivity index (χ4v) is 10.1. The topological polar surface area (TPSA) is 30.2 Å². The molecule has 228 valence electrons. The van der Waals surface area contributed by atoms with Gasteiger partial charge in [-0.15, -0.1) is 22.7 Å². The van der Waals surface area contributed by atoms with Crippen LogP contribution >= 0.6 is 22.7 Å². The van der Waals surface area contributed by atoms with E-state index in [4.69, 9.17) is 9.97 Å². The van der Waals surface area contributed by atoms with Gasteiger partial charge in [0.05, 0.1) is 26.9 Å². The van der Waals surface area contributed by atoms with Crippen LogP contribution in [0.4, 0.5) is 0 Å². The quantitative estimate of drug-likeness (QED) is 0.189. The van der Waals surface area contributed by atoms with Crippen LogP contribution in [-0.4, -0.2) is 14.4 Å². The Kier molecular flexibility index (Phi) is 5.70. The minimum absolute atomic E-state index is 0.744. The van der Waals surface area contributed by atoms with Crippen molar-refractivity contribution >= 4 is 90.5 Å². The fourth-order valence-electron chi connectivity index (χ4n) is 7.66. The molecule has 0 amide bonds. The highest BCUT2D eigenvalue weighted by molar-refractivity contribution is 7.26. The number of rotatable bonds is 3. The molecule has 0 aliphatic carbocycles. The van der Waals surface area contributed by atoms with Crippen LogP contribution in [0.25, 0.3) is 102 Å². The van der Waals surface area contributed by atoms with E-state index in [2.05, 4.69) is 156 Å². The van der Waals surface area contributed by atoms with Gasteiger partial charge in [-0.1, -0.05) is 127 Å². The van der Waals surface area contributed by atoms with E-state index < -0.39 is 0 Å². The van der Waals surface area contributed by atoms with Gasteiger partial charge in [-0.25, -0.2) is 9.97 Å². The zero-order chi connectivity index (χ0) is 32.1. The Morgan fingerprint density at radius 2 is 1.12 bits per heavy atom. The number of para-hydroxylation sites is 1. The molecule has 0 bridgehead atoms. The Morgan fingerprint density at radius 1 is 0.469 bits per heavy atom. The van der Waals surface area contributed by atoms with Crippen LogP contribution in [0.1, 0.15) is 0 Å². The number of aromatic nitrogens is 3. The van der Waals surface area contributed by atoms with Gasteiger partial charge in [0.25, 0.3) is 0 Å². The number of hydrogen-bond acceptors (Lipinski definition) is 4. The molecule has 0 aliphatic heterocycles. The van der Waals surface area contributed by atoms with Gasteiger partial charge in [0, 0.05) is 53.0 Å². The standard InChI is InChI=1S/C44H25N3S2/c1-3-13-26(14-4-1)37-30-17-7-10-20-34(30)47-41(37)29-24-23-28(25-33(29)38-31-18-8-11-21-35(31)49-44(38)47)43-45-39(27-15-5-2-6-16-27)42-40(46-43)32-19-9-12-22-36(32)48-42/h1-25H. The number of thiophene rings is 2. The van der Waals surface area contributed by atoms with Crippen LogP contribution < -0.4 is 0 Å². The predicted molar refractivity (Wildman–Crippen MR) is 210 cm³/mol. The number of benzene rings is 6. The van der Waals surface area contributed by atoms with Crippen molar-refractivity contribution in [3.8, 4) is 33.8 Å². The van der Waals surface area contributed by atoms with Crippen LogP contribution in [0, 0.1) is 0 Å². The number of nitrogens with zero attached hydrogens (tertiary/aromatic N) is 3. The van der Waals surface area contributed by atoms with Gasteiger partial charge in [0.1, 0.15) is 4.83 Å². The van der Waals surface area contributed by atoms with Crippen LogP contribution in [0.3, 0.4) is 0 Å². The molecule has 5 heterocycles. The average Bonchev–Trinajstić information content (AvgIpc) is 3.85. The van der Waals surface area contributed by atoms with E-state index in [1.165, 1.54) is 68.7 Å². The molecule has 49 heavy (non-hydrogen) atoms. The van der Waals surface area contributed by atoms with Crippen molar-refractivity contribution in [1.82, 2.24) is 14.4 Å². The third-order valence-electron chi connectivity index (χ3n) is 9.79. The fraction of sp³-hybridized carbons (Fsp3) is 0. The van der Waals surface area contributed by atoms with E-state index in [0.717, 1.165) is 32.9 Å². The average molecular weight is 660 g/mol. The van der Waals surface area contributed by atoms with Gasteiger partial charge < -0.3 is 0 Å². The predicted octanol–water partition coefficient (Wildman–Crippen LogP) is 12.8. The largest absolute Gasteiger partial charge is 0.299 e. The van der Waals surface area contributed by atoms with Crippen molar-refractivity contribution in [1.29, 1.82) is 0 Å². The first-order valence-electron chi connectivity index (χ1n) is 16.4. The van der Waals surface area contributed by atoms with E-state index in [1.807, 2.05) is 11.3 Å². The minimum atomic E-state index is 0.744. The lowest BCUT2D eigenvalue weighted by Crippen LogP contribution is -1.94. The Balaban J connectivity index is 1.30. The molecular weight excluding hydrogens is 635 g/mol. The van der Waals surface area contributed by atoms with Gasteiger partial charge in [-0.3, -0.25) is 4.40 Å². The van der Waals surface area contributed by atoms with Crippen LogP contribution in [0.15, 0.2) is 152 Å². The van der Waals surface area contributed by atoms with E-state index >= 15 is 0 Å². The summed E-state index contributed by atoms with van der Waals surface area (Å²) in [5, 5.41) is 7.42. The molecule has 0 aliphatic rings. The second-order valence-corrected chi connectivity index (χ2v) is 14.6. The Bertz CT molecular complexity index is 3100. The first-order valence-corrected chi connectivity index (χ1v) is 18.1. The molecule has 0 N–H and O–H groups in total. The lowest BCUT2D eigenvalue weighted by Gasteiger charge is -2.12. The Labute approximate surface area is 289 Å². The molecule has 11 rings (SSSR count). The Morgan fingerprint density at radius 3 is 1.92 bits per heavy atom. The lowest BCUT2D eigenvalue weighted by atomic mass is 9.97. The summed E-state index contributed by atoms with van der Waals surface area (Å²) in [6, 6.07) is 54.4. The summed E-state index contributed by atoms with van der Waals surface area (Å²) in [6.45, 7) is 0. The first-order chi connectivity index (χ1) is 24.3. The van der Waals surface area contributed by atoms with Crippen molar-refractivity contribution in [3.05, 3.63) is 152 Å². The summed E-state index contributed by atoms with van der Waals surface area (Å²) in [7, 11) is 0. The molecule has 0 radical (unpaired) electrons. The summed E-state index contributed by atoms with van der Waals surface area (Å²) in [4.78, 5) is 11.9. The minimum Gasteiger partial charge on any atom is -0.299 e. The third kappa shape index (κ3) is 3.88. The molecular formula is C44H25N3S2. The highest BCUT2D eigenvalue weighted by Crippen LogP contribution is 2.47. The SMILES string of the molecule is c1ccc(-c2nc(-c3ccc4c(c3)c3c5ccccc5sc3n3c5ccccc5c(-c5ccccc5)c43)nc3c2sc2ccccc23)cc1. The molecule has 0 saturated heterocycles. The van der Waals surface area contributed by atoms with Crippen LogP contribution in [0.5, 0.6) is 0 Å². The maximum atomic E-state index is 5.33. The molecule has 0 fully saturated rings. The van der Waals surface area contributed by atoms with E-state index in [9.17, 15) is 0 Å². The zero-order valence-electron chi connectivity index (χ0n) is 26.1. The van der Waals surface area contributed by atoms with E-state index in [-0.39, 0.29) is 0 Å². The smallest absolute Gasteiger partial charge is 0.160 e. The third-order valence-corrected chi connectivity index (χ3v) is 12.1. The normalized spacial score (nSPS) is 12.1. The molecule has 5 heteroatoms. The van der Waals surface area contributed by atoms with E-state index in [1.54, 1.807) is 11.3 Å². The van der Waals surface area contributed by atoms with Gasteiger partial charge in [0.15, 0.2) is 5.82 Å². The first kappa shape index (κ1) is 27.1.